The molecule has 21 heavy (non-hydrogen) atoms. The molecule has 1 saturated heterocycles. The molecule has 0 aliphatic carbocycles. The van der Waals surface area contributed by atoms with Crippen LogP contribution in [-0.4, -0.2) is 31.7 Å². The van der Waals surface area contributed by atoms with Crippen molar-refractivity contribution in [2.24, 2.45) is 5.92 Å². The monoisotopic (exact) mass is 310 g/mol. The lowest BCUT2D eigenvalue weighted by Gasteiger charge is -2.12. The van der Waals surface area contributed by atoms with Gasteiger partial charge in [0.2, 0.25) is 5.91 Å². The van der Waals surface area contributed by atoms with Gasteiger partial charge in [-0.3, -0.25) is 20.4 Å². The number of nitrogens with one attached hydrogen (secondary N) is 2. The van der Waals surface area contributed by atoms with E-state index in [-0.39, 0.29) is 11.5 Å². The van der Waals surface area contributed by atoms with Crippen LogP contribution in [0.5, 0.6) is 0 Å². The largest absolute Gasteiger partial charge is 0.273 e. The van der Waals surface area contributed by atoms with E-state index in [1.165, 1.54) is 0 Å². The summed E-state index contributed by atoms with van der Waals surface area (Å²) in [4.78, 5) is 23.9. The van der Waals surface area contributed by atoms with Crippen molar-refractivity contribution in [2.45, 2.75) is 20.3 Å². The minimum atomic E-state index is -3.12. The summed E-state index contributed by atoms with van der Waals surface area (Å²) in [6.45, 7) is 3.68. The quantitative estimate of drug-likeness (QED) is 0.778. The van der Waals surface area contributed by atoms with E-state index in [2.05, 4.69) is 10.9 Å². The molecule has 1 heterocycles. The molecule has 1 aromatic rings. The number of hydrogen-bond acceptors (Lipinski definition) is 4. The number of hydrogen-bond donors (Lipinski definition) is 2. The lowest BCUT2D eigenvalue weighted by atomic mass is 10.1. The summed E-state index contributed by atoms with van der Waals surface area (Å²) in [6, 6.07) is 5.46. The van der Waals surface area contributed by atoms with Crippen molar-refractivity contribution in [1.82, 2.24) is 10.9 Å². The molecule has 0 aromatic heterocycles. The minimum absolute atomic E-state index is 0.0238. The lowest BCUT2D eigenvalue weighted by molar-refractivity contribution is -0.125. The van der Waals surface area contributed by atoms with Gasteiger partial charge in [0.1, 0.15) is 0 Å². The number of carbonyl (C=O) groups excluding carboxylic acids is 2. The third-order valence-corrected chi connectivity index (χ3v) is 5.31. The molecule has 0 saturated carbocycles. The zero-order valence-corrected chi connectivity index (χ0v) is 12.8. The highest BCUT2D eigenvalue weighted by Crippen LogP contribution is 2.18. The summed E-state index contributed by atoms with van der Waals surface area (Å²) >= 11 is 0. The maximum Gasteiger partial charge on any atom is 0.269 e. The Morgan fingerprint density at radius 2 is 1.90 bits per heavy atom. The number of aryl methyl sites for hydroxylation is 2. The number of hydrazine groups is 1. The van der Waals surface area contributed by atoms with Crippen LogP contribution in [-0.2, 0) is 14.6 Å². The molecule has 2 rings (SSSR count). The molecule has 0 bridgehead atoms. The van der Waals surface area contributed by atoms with Crippen molar-refractivity contribution < 1.29 is 18.0 Å². The van der Waals surface area contributed by atoms with Crippen molar-refractivity contribution >= 4 is 21.7 Å². The number of amides is 2. The Balaban J connectivity index is 1.95. The molecular weight excluding hydrogens is 292 g/mol. The van der Waals surface area contributed by atoms with E-state index >= 15 is 0 Å². The number of rotatable bonds is 2. The van der Waals surface area contributed by atoms with Crippen LogP contribution in [0.15, 0.2) is 18.2 Å². The van der Waals surface area contributed by atoms with E-state index in [9.17, 15) is 18.0 Å². The predicted molar refractivity (Wildman–Crippen MR) is 78.3 cm³/mol. The molecule has 0 radical (unpaired) electrons. The van der Waals surface area contributed by atoms with Crippen LogP contribution in [0.25, 0.3) is 0 Å². The van der Waals surface area contributed by atoms with Gasteiger partial charge in [-0.25, -0.2) is 8.42 Å². The second-order valence-corrected chi connectivity index (χ2v) is 7.59. The number of carbonyl (C=O) groups is 2. The zero-order chi connectivity index (χ0) is 15.6. The van der Waals surface area contributed by atoms with E-state index in [0.29, 0.717) is 12.0 Å². The minimum Gasteiger partial charge on any atom is -0.273 e. The highest BCUT2D eigenvalue weighted by Gasteiger charge is 2.33. The van der Waals surface area contributed by atoms with Gasteiger partial charge in [0.05, 0.1) is 17.4 Å². The average molecular weight is 310 g/mol. The van der Waals surface area contributed by atoms with Crippen LogP contribution in [0.4, 0.5) is 0 Å². The van der Waals surface area contributed by atoms with Crippen LogP contribution >= 0.6 is 0 Å². The van der Waals surface area contributed by atoms with Gasteiger partial charge in [-0.05, 0) is 31.9 Å². The van der Waals surface area contributed by atoms with E-state index in [0.717, 1.165) is 11.1 Å². The lowest BCUT2D eigenvalue weighted by Crippen LogP contribution is -2.45. The molecule has 7 heteroatoms. The predicted octanol–water partition coefficient (Wildman–Crippen LogP) is 0.499. The van der Waals surface area contributed by atoms with Crippen LogP contribution < -0.4 is 10.9 Å². The van der Waals surface area contributed by atoms with Crippen LogP contribution in [0, 0.1) is 19.8 Å². The molecule has 1 fully saturated rings. The van der Waals surface area contributed by atoms with Gasteiger partial charge < -0.3 is 0 Å². The standard InChI is InChI=1S/C14H18N2O4S/c1-9-3-4-10(2)12(7-9)14(18)16-15-13(17)11-5-6-21(19,20)8-11/h3-4,7,11H,5-6,8H2,1-2H3,(H,15,17)(H,16,18)/t11-/m1/s1. The maximum absolute atomic E-state index is 12.0. The first kappa shape index (κ1) is 15.5. The molecule has 2 amide bonds. The smallest absolute Gasteiger partial charge is 0.269 e. The fraction of sp³-hybridized carbons (Fsp3) is 0.429. The summed E-state index contributed by atoms with van der Waals surface area (Å²) in [5, 5.41) is 0. The van der Waals surface area contributed by atoms with Gasteiger partial charge >= 0.3 is 0 Å². The highest BCUT2D eigenvalue weighted by atomic mass is 32.2. The molecule has 1 aliphatic heterocycles. The van der Waals surface area contributed by atoms with Gasteiger partial charge in [0.15, 0.2) is 9.84 Å². The second kappa shape index (κ2) is 5.85. The molecule has 1 aromatic carbocycles. The van der Waals surface area contributed by atoms with Gasteiger partial charge in [0, 0.05) is 5.56 Å². The maximum atomic E-state index is 12.0. The zero-order valence-electron chi connectivity index (χ0n) is 12.0. The molecule has 1 atom stereocenters. The van der Waals surface area contributed by atoms with Crippen molar-refractivity contribution in [3.8, 4) is 0 Å². The molecule has 0 spiro atoms. The molecule has 6 nitrogen and oxygen atoms in total. The summed E-state index contributed by atoms with van der Waals surface area (Å²) in [5.41, 5.74) is 6.87. The van der Waals surface area contributed by atoms with Crippen molar-refractivity contribution in [3.63, 3.8) is 0 Å². The normalized spacial score (nSPS) is 20.0. The Bertz CT molecular complexity index is 682. The van der Waals surface area contributed by atoms with Gasteiger partial charge in [0.25, 0.3) is 5.91 Å². The first-order valence-corrected chi connectivity index (χ1v) is 8.48. The molecular formula is C14H18N2O4S. The van der Waals surface area contributed by atoms with E-state index in [1.807, 2.05) is 19.1 Å². The van der Waals surface area contributed by atoms with Gasteiger partial charge in [-0.2, -0.15) is 0 Å². The molecule has 1 aliphatic rings. The summed E-state index contributed by atoms with van der Waals surface area (Å²) in [6.07, 6.45) is 0.299. The second-order valence-electron chi connectivity index (χ2n) is 5.36. The SMILES string of the molecule is Cc1ccc(C)c(C(=O)NNC(=O)[C@@H]2CCS(=O)(=O)C2)c1. The third kappa shape index (κ3) is 3.81. The Hall–Kier alpha value is -1.89. The Kier molecular flexibility index (Phi) is 4.32. The number of benzene rings is 1. The first-order chi connectivity index (χ1) is 9.78. The topological polar surface area (TPSA) is 92.3 Å². The summed E-state index contributed by atoms with van der Waals surface area (Å²) in [5.74, 6) is -1.59. The first-order valence-electron chi connectivity index (χ1n) is 6.66. The van der Waals surface area contributed by atoms with Crippen molar-refractivity contribution in [2.75, 3.05) is 11.5 Å². The summed E-state index contributed by atoms with van der Waals surface area (Å²) < 4.78 is 22.6. The van der Waals surface area contributed by atoms with Crippen molar-refractivity contribution in [1.29, 1.82) is 0 Å². The van der Waals surface area contributed by atoms with Gasteiger partial charge in [-0.1, -0.05) is 17.7 Å². The Labute approximate surface area is 123 Å². The van der Waals surface area contributed by atoms with E-state index in [4.69, 9.17) is 0 Å². The van der Waals surface area contributed by atoms with Crippen LogP contribution in [0.1, 0.15) is 27.9 Å². The van der Waals surface area contributed by atoms with E-state index < -0.39 is 27.6 Å². The highest BCUT2D eigenvalue weighted by molar-refractivity contribution is 7.91. The number of sulfone groups is 1. The Morgan fingerprint density at radius 3 is 2.52 bits per heavy atom. The van der Waals surface area contributed by atoms with Crippen LogP contribution in [0.2, 0.25) is 0 Å². The average Bonchev–Trinajstić information content (AvgIpc) is 2.79. The Morgan fingerprint density at radius 1 is 1.19 bits per heavy atom. The molecule has 2 N–H and O–H groups in total. The molecule has 0 unspecified atom stereocenters. The fourth-order valence-corrected chi connectivity index (χ4v) is 4.01. The molecule has 114 valence electrons. The third-order valence-electron chi connectivity index (χ3n) is 3.54. The van der Waals surface area contributed by atoms with E-state index in [1.54, 1.807) is 13.0 Å². The van der Waals surface area contributed by atoms with Crippen LogP contribution in [0.3, 0.4) is 0 Å². The van der Waals surface area contributed by atoms with Gasteiger partial charge in [-0.15, -0.1) is 0 Å². The fourth-order valence-electron chi connectivity index (χ4n) is 2.27. The summed E-state index contributed by atoms with van der Waals surface area (Å²) in [7, 11) is -3.12. The van der Waals surface area contributed by atoms with Crippen molar-refractivity contribution in [3.05, 3.63) is 34.9 Å².